The molecule has 2 aliphatic rings. The molecule has 3 rings (SSSR count). The Hall–Kier alpha value is -1.82. The molecular formula is C15H20N2O4. The van der Waals surface area contributed by atoms with Gasteiger partial charge in [0.05, 0.1) is 25.0 Å². The van der Waals surface area contributed by atoms with Crippen molar-refractivity contribution in [2.75, 3.05) is 26.8 Å². The molecule has 6 heteroatoms. The lowest BCUT2D eigenvalue weighted by molar-refractivity contribution is -0.129. The molecule has 0 aliphatic carbocycles. The first kappa shape index (κ1) is 14.1. The van der Waals surface area contributed by atoms with Crippen molar-refractivity contribution < 1.29 is 18.7 Å². The number of hydrogen-bond donors (Lipinski definition) is 0. The van der Waals surface area contributed by atoms with E-state index in [-0.39, 0.29) is 23.9 Å². The fourth-order valence-corrected chi connectivity index (χ4v) is 3.38. The Morgan fingerprint density at radius 3 is 2.95 bits per heavy atom. The van der Waals surface area contributed by atoms with E-state index < -0.39 is 0 Å². The third-order valence-corrected chi connectivity index (χ3v) is 4.47. The Kier molecular flexibility index (Phi) is 3.71. The number of rotatable bonds is 4. The Morgan fingerprint density at radius 2 is 2.29 bits per heavy atom. The normalized spacial score (nSPS) is 24.8. The van der Waals surface area contributed by atoms with Gasteiger partial charge in [-0.1, -0.05) is 0 Å². The molecule has 1 aromatic rings. The molecule has 0 bridgehead atoms. The zero-order chi connectivity index (χ0) is 15.0. The van der Waals surface area contributed by atoms with Crippen molar-refractivity contribution in [1.29, 1.82) is 0 Å². The molecule has 3 heterocycles. The number of amides is 2. The molecule has 1 aromatic heterocycles. The molecule has 21 heavy (non-hydrogen) atoms. The molecule has 2 amide bonds. The second-order valence-corrected chi connectivity index (χ2v) is 5.64. The summed E-state index contributed by atoms with van der Waals surface area (Å²) in [5.74, 6) is 0.389. The number of furan rings is 1. The minimum atomic E-state index is -0.105. The third kappa shape index (κ3) is 2.33. The molecule has 2 atom stereocenters. The predicted molar refractivity (Wildman–Crippen MR) is 74.9 cm³/mol. The van der Waals surface area contributed by atoms with Crippen LogP contribution < -0.4 is 0 Å². The average molecular weight is 292 g/mol. The highest BCUT2D eigenvalue weighted by atomic mass is 16.5. The minimum absolute atomic E-state index is 0.0358. The summed E-state index contributed by atoms with van der Waals surface area (Å²) in [6.45, 7) is 3.65. The topological polar surface area (TPSA) is 63.0 Å². The number of hydrogen-bond acceptors (Lipinski definition) is 4. The lowest BCUT2D eigenvalue weighted by atomic mass is 10.1. The van der Waals surface area contributed by atoms with Gasteiger partial charge in [0.25, 0.3) is 5.91 Å². The van der Waals surface area contributed by atoms with Gasteiger partial charge < -0.3 is 19.0 Å². The van der Waals surface area contributed by atoms with Crippen molar-refractivity contribution in [3.63, 3.8) is 0 Å². The number of fused-ring (bicyclic) bond motifs is 1. The van der Waals surface area contributed by atoms with E-state index in [0.717, 1.165) is 12.0 Å². The molecule has 0 saturated carbocycles. The number of carbonyl (C=O) groups is 2. The van der Waals surface area contributed by atoms with Crippen LogP contribution in [0.2, 0.25) is 0 Å². The summed E-state index contributed by atoms with van der Waals surface area (Å²) in [7, 11) is 1.63. The molecule has 0 spiro atoms. The molecule has 2 saturated heterocycles. The molecule has 114 valence electrons. The van der Waals surface area contributed by atoms with Crippen molar-refractivity contribution in [2.24, 2.45) is 0 Å². The zero-order valence-corrected chi connectivity index (χ0v) is 12.4. The Labute approximate surface area is 123 Å². The van der Waals surface area contributed by atoms with Gasteiger partial charge >= 0.3 is 0 Å². The maximum atomic E-state index is 12.6. The van der Waals surface area contributed by atoms with Crippen LogP contribution in [0.25, 0.3) is 0 Å². The van der Waals surface area contributed by atoms with Gasteiger partial charge in [-0.2, -0.15) is 0 Å². The summed E-state index contributed by atoms with van der Waals surface area (Å²) in [5, 5.41) is 0. The highest BCUT2D eigenvalue weighted by molar-refractivity contribution is 5.94. The Bertz CT molecular complexity index is 554. The minimum Gasteiger partial charge on any atom is -0.459 e. The first-order valence-corrected chi connectivity index (χ1v) is 7.27. The average Bonchev–Trinajstić information content (AvgIpc) is 3.12. The van der Waals surface area contributed by atoms with Gasteiger partial charge in [-0.05, 0) is 19.4 Å². The standard InChI is InChI=1S/C15H20N2O4/c1-10-4-7-21-14(10)15(19)17-5-3-11-12(17)9-13(18)16(11)6-8-20-2/h4,7,11-12H,3,5-6,8-9H2,1-2H3. The van der Waals surface area contributed by atoms with Crippen LogP contribution in [-0.4, -0.2) is 60.5 Å². The highest BCUT2D eigenvalue weighted by Gasteiger charge is 2.48. The van der Waals surface area contributed by atoms with Gasteiger partial charge in [0.2, 0.25) is 5.91 Å². The van der Waals surface area contributed by atoms with Crippen molar-refractivity contribution in [1.82, 2.24) is 9.80 Å². The quantitative estimate of drug-likeness (QED) is 0.832. The summed E-state index contributed by atoms with van der Waals surface area (Å²) in [5.41, 5.74) is 0.837. The van der Waals surface area contributed by atoms with Crippen molar-refractivity contribution in [3.8, 4) is 0 Å². The zero-order valence-electron chi connectivity index (χ0n) is 12.4. The summed E-state index contributed by atoms with van der Waals surface area (Å²) >= 11 is 0. The van der Waals surface area contributed by atoms with Gasteiger partial charge in [0.15, 0.2) is 5.76 Å². The Balaban J connectivity index is 1.75. The van der Waals surface area contributed by atoms with E-state index in [2.05, 4.69) is 0 Å². The number of aryl methyl sites for hydroxylation is 1. The van der Waals surface area contributed by atoms with E-state index in [9.17, 15) is 9.59 Å². The number of ether oxygens (including phenoxy) is 1. The molecule has 0 radical (unpaired) electrons. The molecule has 2 aliphatic heterocycles. The van der Waals surface area contributed by atoms with Crippen LogP contribution in [0.15, 0.2) is 16.7 Å². The molecule has 0 N–H and O–H groups in total. The molecule has 6 nitrogen and oxygen atoms in total. The van der Waals surface area contributed by atoms with E-state index >= 15 is 0 Å². The smallest absolute Gasteiger partial charge is 0.290 e. The lowest BCUT2D eigenvalue weighted by Crippen LogP contribution is -2.40. The van der Waals surface area contributed by atoms with Crippen LogP contribution in [0.3, 0.4) is 0 Å². The molecule has 2 fully saturated rings. The van der Waals surface area contributed by atoms with Crippen LogP contribution in [0.1, 0.15) is 29.0 Å². The van der Waals surface area contributed by atoms with Gasteiger partial charge in [-0.3, -0.25) is 9.59 Å². The van der Waals surface area contributed by atoms with Crippen LogP contribution in [0.5, 0.6) is 0 Å². The fraction of sp³-hybridized carbons (Fsp3) is 0.600. The van der Waals surface area contributed by atoms with Gasteiger partial charge in [-0.15, -0.1) is 0 Å². The fourth-order valence-electron chi connectivity index (χ4n) is 3.38. The monoisotopic (exact) mass is 292 g/mol. The summed E-state index contributed by atoms with van der Waals surface area (Å²) < 4.78 is 10.4. The number of likely N-dealkylation sites (tertiary alicyclic amines) is 2. The van der Waals surface area contributed by atoms with Crippen LogP contribution in [0.4, 0.5) is 0 Å². The van der Waals surface area contributed by atoms with Crippen LogP contribution in [0, 0.1) is 6.92 Å². The maximum Gasteiger partial charge on any atom is 0.290 e. The number of carbonyl (C=O) groups excluding carboxylic acids is 2. The van der Waals surface area contributed by atoms with Crippen molar-refractivity contribution in [3.05, 3.63) is 23.7 Å². The molecule has 0 aromatic carbocycles. The van der Waals surface area contributed by atoms with E-state index in [1.54, 1.807) is 18.1 Å². The summed E-state index contributed by atoms with van der Waals surface area (Å²) in [6, 6.07) is 1.86. The number of methoxy groups -OCH3 is 1. The van der Waals surface area contributed by atoms with E-state index in [0.29, 0.717) is 31.9 Å². The molecule has 2 unspecified atom stereocenters. The Morgan fingerprint density at radius 1 is 1.48 bits per heavy atom. The van der Waals surface area contributed by atoms with Gasteiger partial charge in [0.1, 0.15) is 0 Å². The second kappa shape index (κ2) is 5.52. The maximum absolute atomic E-state index is 12.6. The van der Waals surface area contributed by atoms with Crippen LogP contribution in [-0.2, 0) is 9.53 Å². The van der Waals surface area contributed by atoms with E-state index in [1.807, 2.05) is 11.8 Å². The second-order valence-electron chi connectivity index (χ2n) is 5.64. The number of nitrogens with zero attached hydrogens (tertiary/aromatic N) is 2. The van der Waals surface area contributed by atoms with E-state index in [1.165, 1.54) is 6.26 Å². The molecular weight excluding hydrogens is 272 g/mol. The van der Waals surface area contributed by atoms with Gasteiger partial charge in [-0.25, -0.2) is 0 Å². The van der Waals surface area contributed by atoms with Crippen molar-refractivity contribution in [2.45, 2.75) is 31.8 Å². The van der Waals surface area contributed by atoms with Gasteiger partial charge in [0, 0.05) is 32.2 Å². The summed E-state index contributed by atoms with van der Waals surface area (Å²) in [4.78, 5) is 28.4. The predicted octanol–water partition coefficient (Wildman–Crippen LogP) is 1.05. The third-order valence-electron chi connectivity index (χ3n) is 4.47. The summed E-state index contributed by atoms with van der Waals surface area (Å²) in [6.07, 6.45) is 2.76. The van der Waals surface area contributed by atoms with Crippen molar-refractivity contribution >= 4 is 11.8 Å². The van der Waals surface area contributed by atoms with E-state index in [4.69, 9.17) is 9.15 Å². The lowest BCUT2D eigenvalue weighted by Gasteiger charge is -2.24. The first-order valence-electron chi connectivity index (χ1n) is 7.27. The largest absolute Gasteiger partial charge is 0.459 e. The SMILES string of the molecule is COCCN1C(=O)CC2C1CCN2C(=O)c1occc1C. The first-order chi connectivity index (χ1) is 10.1. The highest BCUT2D eigenvalue weighted by Crippen LogP contribution is 2.33. The van der Waals surface area contributed by atoms with Crippen LogP contribution >= 0.6 is 0 Å².